The minimum absolute atomic E-state index is 0.112. The van der Waals surface area contributed by atoms with Crippen LogP contribution in [0.3, 0.4) is 0 Å². The van der Waals surface area contributed by atoms with E-state index in [1.807, 2.05) is 16.8 Å². The highest BCUT2D eigenvalue weighted by Gasteiger charge is 2.30. The molecule has 0 amide bonds. The van der Waals surface area contributed by atoms with E-state index in [1.165, 1.54) is 6.07 Å². The zero-order valence-electron chi connectivity index (χ0n) is 19.8. The highest BCUT2D eigenvalue weighted by Crippen LogP contribution is 2.37. The molecule has 3 N–H and O–H groups in total. The van der Waals surface area contributed by atoms with Gasteiger partial charge in [-0.1, -0.05) is 24.3 Å². The molecule has 0 spiro atoms. The van der Waals surface area contributed by atoms with E-state index in [4.69, 9.17) is 4.74 Å². The van der Waals surface area contributed by atoms with E-state index >= 15 is 0 Å². The molecule has 2 aromatic heterocycles. The summed E-state index contributed by atoms with van der Waals surface area (Å²) in [5.41, 5.74) is 2.84. The summed E-state index contributed by atoms with van der Waals surface area (Å²) >= 11 is 0. The molecule has 37 heavy (non-hydrogen) atoms. The fourth-order valence-electron chi connectivity index (χ4n) is 5.35. The summed E-state index contributed by atoms with van der Waals surface area (Å²) in [5, 5.41) is 16.4. The molecule has 4 heterocycles. The van der Waals surface area contributed by atoms with Gasteiger partial charge in [-0.2, -0.15) is 8.78 Å². The van der Waals surface area contributed by atoms with Crippen molar-refractivity contribution in [3.8, 4) is 16.9 Å². The van der Waals surface area contributed by atoms with Crippen LogP contribution in [-0.4, -0.2) is 50.4 Å². The van der Waals surface area contributed by atoms with E-state index in [-0.39, 0.29) is 17.4 Å². The normalized spacial score (nSPS) is 21.0. The Morgan fingerprint density at radius 2 is 1.97 bits per heavy atom. The van der Waals surface area contributed by atoms with Gasteiger partial charge in [0, 0.05) is 43.2 Å². The Bertz CT molecular complexity index is 1490. The number of fused-ring (bicyclic) bond motifs is 3. The third-order valence-corrected chi connectivity index (χ3v) is 7.11. The molecule has 0 radical (unpaired) electrons. The smallest absolute Gasteiger partial charge is 0.387 e. The monoisotopic (exact) mass is 508 g/mol. The van der Waals surface area contributed by atoms with E-state index < -0.39 is 12.8 Å². The Morgan fingerprint density at radius 3 is 2.73 bits per heavy atom. The van der Waals surface area contributed by atoms with Crippen LogP contribution in [0.4, 0.5) is 14.7 Å². The number of benzene rings is 2. The van der Waals surface area contributed by atoms with Gasteiger partial charge in [-0.3, -0.25) is 14.8 Å². The number of aliphatic hydroxyl groups is 1. The highest BCUT2D eigenvalue weighted by atomic mass is 19.3. The lowest BCUT2D eigenvalue weighted by Gasteiger charge is -2.18. The largest absolute Gasteiger partial charge is 0.434 e. The fourth-order valence-corrected chi connectivity index (χ4v) is 5.35. The Hall–Kier alpha value is -3.83. The minimum Gasteiger partial charge on any atom is -0.434 e. The van der Waals surface area contributed by atoms with E-state index in [1.54, 1.807) is 41.3 Å². The van der Waals surface area contributed by atoms with Gasteiger partial charge in [-0.05, 0) is 42.5 Å². The summed E-state index contributed by atoms with van der Waals surface area (Å²) in [6.45, 7) is -1.05. The molecule has 0 bridgehead atoms. The lowest BCUT2D eigenvalue weighted by Crippen LogP contribution is -2.20. The maximum absolute atomic E-state index is 13.1. The average molecular weight is 509 g/mol. The highest BCUT2D eigenvalue weighted by molar-refractivity contribution is 5.84. The predicted molar refractivity (Wildman–Crippen MR) is 134 cm³/mol. The maximum atomic E-state index is 13.1. The second-order valence-corrected chi connectivity index (χ2v) is 9.43. The Kier molecular flexibility index (Phi) is 6.09. The van der Waals surface area contributed by atoms with Crippen molar-refractivity contribution in [2.24, 2.45) is 5.92 Å². The van der Waals surface area contributed by atoms with Gasteiger partial charge in [0.15, 0.2) is 0 Å². The molecule has 4 aromatic rings. The summed E-state index contributed by atoms with van der Waals surface area (Å²) in [6.07, 6.45) is 4.27. The van der Waals surface area contributed by atoms with E-state index in [0.29, 0.717) is 54.3 Å². The number of hydrogen-bond acceptors (Lipinski definition) is 7. The molecule has 2 aromatic carbocycles. The van der Waals surface area contributed by atoms with Gasteiger partial charge < -0.3 is 15.2 Å². The van der Waals surface area contributed by atoms with Crippen LogP contribution >= 0.6 is 0 Å². The number of rotatable bonds is 7. The summed E-state index contributed by atoms with van der Waals surface area (Å²) in [5.74, 6) is 0.920. The van der Waals surface area contributed by atoms with Gasteiger partial charge in [0.1, 0.15) is 12.0 Å². The molecule has 2 aliphatic heterocycles. The molecule has 0 aliphatic carbocycles. The first-order valence-corrected chi connectivity index (χ1v) is 12.2. The molecule has 11 heteroatoms. The molecule has 192 valence electrons. The van der Waals surface area contributed by atoms with Crippen LogP contribution in [0.1, 0.15) is 24.4 Å². The topological polar surface area (TPSA) is 106 Å². The van der Waals surface area contributed by atoms with Gasteiger partial charge in [0.05, 0.1) is 16.9 Å². The number of nitrogens with zero attached hydrogens (tertiary/aromatic N) is 4. The van der Waals surface area contributed by atoms with Crippen molar-refractivity contribution in [2.45, 2.75) is 38.3 Å². The van der Waals surface area contributed by atoms with Crippen LogP contribution in [0.2, 0.25) is 0 Å². The molecule has 1 unspecified atom stereocenters. The number of anilines is 1. The van der Waals surface area contributed by atoms with Gasteiger partial charge in [-0.25, -0.2) is 14.6 Å². The molecular formula is C26H26F2N6O3. The number of aliphatic hydroxyl groups excluding tert-OH is 1. The van der Waals surface area contributed by atoms with Crippen LogP contribution in [0.5, 0.6) is 5.75 Å². The Morgan fingerprint density at radius 1 is 1.16 bits per heavy atom. The molecule has 2 aliphatic rings. The second-order valence-electron chi connectivity index (χ2n) is 9.43. The van der Waals surface area contributed by atoms with Crippen molar-refractivity contribution < 1.29 is 18.6 Å². The van der Waals surface area contributed by atoms with Crippen LogP contribution in [-0.2, 0) is 6.54 Å². The van der Waals surface area contributed by atoms with Crippen molar-refractivity contribution in [3.05, 3.63) is 70.8 Å². The lowest BCUT2D eigenvalue weighted by molar-refractivity contribution is -0.0507. The van der Waals surface area contributed by atoms with E-state index in [0.717, 1.165) is 17.7 Å². The van der Waals surface area contributed by atoms with Crippen molar-refractivity contribution in [1.29, 1.82) is 0 Å². The zero-order valence-corrected chi connectivity index (χ0v) is 19.8. The maximum Gasteiger partial charge on any atom is 0.387 e. The van der Waals surface area contributed by atoms with Gasteiger partial charge in [0.2, 0.25) is 5.95 Å². The molecule has 6 rings (SSSR count). The number of aromatic nitrogens is 4. The zero-order chi connectivity index (χ0) is 25.5. The first-order chi connectivity index (χ1) is 18.0. The second kappa shape index (κ2) is 9.56. The van der Waals surface area contributed by atoms with Gasteiger partial charge >= 0.3 is 6.61 Å². The SMILES string of the molecule is O=c1c2ccc(-c3cnc(NC[C@H]4CNC(O)C4)nc3)cc2n2n1CC[C@H]2c1ccccc1OC(F)F. The van der Waals surface area contributed by atoms with Crippen molar-refractivity contribution in [2.75, 3.05) is 18.4 Å². The van der Waals surface area contributed by atoms with Crippen molar-refractivity contribution in [3.63, 3.8) is 0 Å². The summed E-state index contributed by atoms with van der Waals surface area (Å²) < 4.78 is 34.4. The fraction of sp³-hybridized carbons (Fsp3) is 0.346. The molecule has 9 nitrogen and oxygen atoms in total. The quantitative estimate of drug-likeness (QED) is 0.352. The molecule has 1 saturated heterocycles. The van der Waals surface area contributed by atoms with Crippen LogP contribution in [0.25, 0.3) is 22.0 Å². The van der Waals surface area contributed by atoms with Crippen molar-refractivity contribution in [1.82, 2.24) is 24.6 Å². The summed E-state index contributed by atoms with van der Waals surface area (Å²) in [7, 11) is 0. The Balaban J connectivity index is 1.30. The summed E-state index contributed by atoms with van der Waals surface area (Å²) in [6, 6.07) is 12.0. The standard InChI is InChI=1S/C26H26F2N6O3/c27-25(28)37-22-4-2-1-3-18(22)20-7-8-33-24(36)19-6-5-16(10-21(19)34(20)33)17-13-31-26(32-14-17)30-12-15-9-23(35)29-11-15/h1-6,10,13-15,20,23,25,29,35H,7-9,11-12H2,(H,30,31,32)/t15-,20+,23?/m1/s1. The minimum atomic E-state index is -2.93. The van der Waals surface area contributed by atoms with Crippen LogP contribution in [0, 0.1) is 5.92 Å². The first kappa shape index (κ1) is 23.6. The predicted octanol–water partition coefficient (Wildman–Crippen LogP) is 3.19. The molecular weight excluding hydrogens is 482 g/mol. The number of nitrogens with one attached hydrogen (secondary N) is 2. The third-order valence-electron chi connectivity index (χ3n) is 7.11. The molecule has 1 fully saturated rings. The van der Waals surface area contributed by atoms with E-state index in [9.17, 15) is 18.7 Å². The van der Waals surface area contributed by atoms with Gasteiger partial charge in [0.25, 0.3) is 5.56 Å². The number of alkyl halides is 2. The number of para-hydroxylation sites is 1. The summed E-state index contributed by atoms with van der Waals surface area (Å²) in [4.78, 5) is 21.9. The van der Waals surface area contributed by atoms with E-state index in [2.05, 4.69) is 20.6 Å². The number of ether oxygens (including phenoxy) is 1. The van der Waals surface area contributed by atoms with Gasteiger partial charge in [-0.15, -0.1) is 0 Å². The number of halogens is 2. The first-order valence-electron chi connectivity index (χ1n) is 12.2. The number of hydrogen-bond donors (Lipinski definition) is 3. The lowest BCUT2D eigenvalue weighted by atomic mass is 10.0. The Labute approximate surface area is 210 Å². The average Bonchev–Trinajstić information content (AvgIpc) is 3.59. The van der Waals surface area contributed by atoms with Crippen LogP contribution < -0.4 is 20.9 Å². The molecule has 0 saturated carbocycles. The van der Waals surface area contributed by atoms with Crippen LogP contribution in [0.15, 0.2) is 59.7 Å². The third kappa shape index (κ3) is 4.44. The molecule has 3 atom stereocenters. The van der Waals surface area contributed by atoms with Crippen molar-refractivity contribution >= 4 is 16.9 Å².